The first-order chi connectivity index (χ1) is 9.15. The molecule has 0 bridgehead atoms. The standard InChI is InChI=1S/C12H16N4O2S/c1-2-10-14-16-11(18)5-8(13-12(16)19-10)6-15-4-3-9(17)7-15/h5,9,17H,2-4,6-7H2,1H3/t9-/m1/s1. The summed E-state index contributed by atoms with van der Waals surface area (Å²) in [5, 5.41) is 14.6. The Morgan fingerprint density at radius 3 is 3.11 bits per heavy atom. The fraction of sp³-hybridized carbons (Fsp3) is 0.583. The zero-order valence-electron chi connectivity index (χ0n) is 10.7. The molecule has 102 valence electrons. The van der Waals surface area contributed by atoms with Crippen LogP contribution in [-0.2, 0) is 13.0 Å². The lowest BCUT2D eigenvalue weighted by molar-refractivity contribution is 0.174. The summed E-state index contributed by atoms with van der Waals surface area (Å²) in [4.78, 5) is 19.2. The molecule has 0 radical (unpaired) electrons. The van der Waals surface area contributed by atoms with Crippen molar-refractivity contribution in [3.8, 4) is 0 Å². The van der Waals surface area contributed by atoms with Gasteiger partial charge in [0.15, 0.2) is 0 Å². The number of hydrogen-bond acceptors (Lipinski definition) is 6. The molecule has 0 saturated carbocycles. The molecular formula is C12H16N4O2S. The van der Waals surface area contributed by atoms with Crippen LogP contribution in [0.3, 0.4) is 0 Å². The number of β-amino-alcohol motifs (C(OH)–C–C–N with tert-alkyl or cyclic N) is 1. The lowest BCUT2D eigenvalue weighted by Crippen LogP contribution is -2.24. The third kappa shape index (κ3) is 2.54. The number of fused-ring (bicyclic) bond motifs is 1. The summed E-state index contributed by atoms with van der Waals surface area (Å²) in [6.45, 7) is 4.13. The number of likely N-dealkylation sites (tertiary alicyclic amines) is 1. The summed E-state index contributed by atoms with van der Waals surface area (Å²) in [5.41, 5.74) is 0.626. The minimum Gasteiger partial charge on any atom is -0.392 e. The van der Waals surface area contributed by atoms with E-state index in [9.17, 15) is 9.90 Å². The first-order valence-corrected chi connectivity index (χ1v) is 7.26. The number of aryl methyl sites for hydroxylation is 1. The first-order valence-electron chi connectivity index (χ1n) is 6.45. The molecule has 1 aliphatic heterocycles. The van der Waals surface area contributed by atoms with E-state index in [1.165, 1.54) is 21.9 Å². The number of aliphatic hydroxyl groups is 1. The Kier molecular flexibility index (Phi) is 3.34. The van der Waals surface area contributed by atoms with Gasteiger partial charge in [0.1, 0.15) is 5.01 Å². The van der Waals surface area contributed by atoms with Crippen LogP contribution in [0.1, 0.15) is 24.0 Å². The lowest BCUT2D eigenvalue weighted by atomic mass is 10.3. The molecule has 2 aromatic rings. The molecule has 0 aromatic carbocycles. The van der Waals surface area contributed by atoms with Gasteiger partial charge in [0.25, 0.3) is 5.56 Å². The summed E-state index contributed by atoms with van der Waals surface area (Å²) < 4.78 is 1.37. The zero-order chi connectivity index (χ0) is 13.4. The van der Waals surface area contributed by atoms with E-state index in [0.29, 0.717) is 18.1 Å². The highest BCUT2D eigenvalue weighted by molar-refractivity contribution is 7.16. The van der Waals surface area contributed by atoms with Crippen LogP contribution in [0.4, 0.5) is 0 Å². The van der Waals surface area contributed by atoms with Gasteiger partial charge in [-0.05, 0) is 12.8 Å². The topological polar surface area (TPSA) is 70.7 Å². The third-order valence-electron chi connectivity index (χ3n) is 3.28. The molecule has 1 N–H and O–H groups in total. The van der Waals surface area contributed by atoms with E-state index in [0.717, 1.165) is 30.1 Å². The van der Waals surface area contributed by atoms with Crippen molar-refractivity contribution in [2.75, 3.05) is 13.1 Å². The Morgan fingerprint density at radius 1 is 1.58 bits per heavy atom. The third-order valence-corrected chi connectivity index (χ3v) is 4.33. The molecular weight excluding hydrogens is 264 g/mol. The summed E-state index contributed by atoms with van der Waals surface area (Å²) in [5.74, 6) is 0. The van der Waals surface area contributed by atoms with Crippen molar-refractivity contribution in [2.24, 2.45) is 0 Å². The predicted molar refractivity (Wildman–Crippen MR) is 72.4 cm³/mol. The van der Waals surface area contributed by atoms with Crippen LogP contribution in [0, 0.1) is 0 Å². The fourth-order valence-electron chi connectivity index (χ4n) is 2.30. The average molecular weight is 280 g/mol. The number of aromatic nitrogens is 3. The van der Waals surface area contributed by atoms with E-state index in [4.69, 9.17) is 0 Å². The summed E-state index contributed by atoms with van der Waals surface area (Å²) >= 11 is 1.46. The number of aliphatic hydroxyl groups excluding tert-OH is 1. The van der Waals surface area contributed by atoms with Crippen LogP contribution in [0.15, 0.2) is 10.9 Å². The summed E-state index contributed by atoms with van der Waals surface area (Å²) in [6, 6.07) is 1.54. The van der Waals surface area contributed by atoms with Gasteiger partial charge < -0.3 is 5.11 Å². The van der Waals surface area contributed by atoms with Gasteiger partial charge in [-0.25, -0.2) is 4.98 Å². The van der Waals surface area contributed by atoms with Crippen molar-refractivity contribution < 1.29 is 5.11 Å². The van der Waals surface area contributed by atoms with Crippen molar-refractivity contribution in [2.45, 2.75) is 32.4 Å². The smallest absolute Gasteiger partial charge is 0.275 e. The predicted octanol–water partition coefficient (Wildman–Crippen LogP) is 0.280. The van der Waals surface area contributed by atoms with Crippen LogP contribution < -0.4 is 5.56 Å². The molecule has 3 heterocycles. The molecule has 1 aliphatic rings. The average Bonchev–Trinajstić information content (AvgIpc) is 2.96. The number of hydrogen-bond donors (Lipinski definition) is 1. The van der Waals surface area contributed by atoms with E-state index in [2.05, 4.69) is 15.0 Å². The lowest BCUT2D eigenvalue weighted by Gasteiger charge is -2.13. The van der Waals surface area contributed by atoms with E-state index < -0.39 is 0 Å². The highest BCUT2D eigenvalue weighted by atomic mass is 32.1. The van der Waals surface area contributed by atoms with Gasteiger partial charge in [-0.15, -0.1) is 0 Å². The Bertz CT molecular complexity index is 651. The maximum absolute atomic E-state index is 12.0. The molecule has 0 aliphatic carbocycles. The molecule has 0 unspecified atom stereocenters. The minimum absolute atomic E-state index is 0.129. The Balaban J connectivity index is 1.90. The van der Waals surface area contributed by atoms with Gasteiger partial charge in [-0.3, -0.25) is 9.69 Å². The number of rotatable bonds is 3. The van der Waals surface area contributed by atoms with Gasteiger partial charge in [0.2, 0.25) is 4.96 Å². The van der Waals surface area contributed by atoms with Crippen molar-refractivity contribution >= 4 is 16.3 Å². The highest BCUT2D eigenvalue weighted by Gasteiger charge is 2.21. The highest BCUT2D eigenvalue weighted by Crippen LogP contribution is 2.14. The van der Waals surface area contributed by atoms with Crippen LogP contribution in [0.5, 0.6) is 0 Å². The molecule has 0 amide bonds. The van der Waals surface area contributed by atoms with Crippen molar-refractivity contribution in [1.82, 2.24) is 19.5 Å². The quantitative estimate of drug-likeness (QED) is 0.874. The van der Waals surface area contributed by atoms with E-state index in [1.807, 2.05) is 6.92 Å². The summed E-state index contributed by atoms with van der Waals surface area (Å²) in [6.07, 6.45) is 1.35. The van der Waals surface area contributed by atoms with Crippen molar-refractivity contribution in [3.63, 3.8) is 0 Å². The second-order valence-electron chi connectivity index (χ2n) is 4.81. The summed E-state index contributed by atoms with van der Waals surface area (Å²) in [7, 11) is 0. The minimum atomic E-state index is -0.250. The Morgan fingerprint density at radius 2 is 2.42 bits per heavy atom. The normalized spacial score (nSPS) is 20.4. The second-order valence-corrected chi connectivity index (χ2v) is 5.85. The Labute approximate surface area is 114 Å². The molecule has 1 fully saturated rings. The maximum atomic E-state index is 12.0. The molecule has 6 nitrogen and oxygen atoms in total. The second kappa shape index (κ2) is 4.99. The molecule has 0 spiro atoms. The largest absolute Gasteiger partial charge is 0.392 e. The van der Waals surface area contributed by atoms with E-state index >= 15 is 0 Å². The maximum Gasteiger partial charge on any atom is 0.275 e. The fourth-order valence-corrected chi connectivity index (χ4v) is 3.16. The van der Waals surface area contributed by atoms with Crippen LogP contribution >= 0.6 is 11.3 Å². The molecule has 19 heavy (non-hydrogen) atoms. The van der Waals surface area contributed by atoms with E-state index in [1.54, 1.807) is 0 Å². The molecule has 1 atom stereocenters. The van der Waals surface area contributed by atoms with Crippen LogP contribution in [-0.4, -0.2) is 43.8 Å². The molecule has 2 aromatic heterocycles. The van der Waals surface area contributed by atoms with Crippen molar-refractivity contribution in [1.29, 1.82) is 0 Å². The van der Waals surface area contributed by atoms with Gasteiger partial charge in [0.05, 0.1) is 11.8 Å². The monoisotopic (exact) mass is 280 g/mol. The van der Waals surface area contributed by atoms with Crippen LogP contribution in [0.2, 0.25) is 0 Å². The van der Waals surface area contributed by atoms with Gasteiger partial charge in [-0.1, -0.05) is 18.3 Å². The number of nitrogens with zero attached hydrogens (tertiary/aromatic N) is 4. The van der Waals surface area contributed by atoms with E-state index in [-0.39, 0.29) is 11.7 Å². The first kappa shape index (κ1) is 12.7. The Hall–Kier alpha value is -1.31. The van der Waals surface area contributed by atoms with Crippen molar-refractivity contribution in [3.05, 3.63) is 27.1 Å². The molecule has 1 saturated heterocycles. The van der Waals surface area contributed by atoms with Gasteiger partial charge in [-0.2, -0.15) is 9.61 Å². The molecule has 3 rings (SSSR count). The van der Waals surface area contributed by atoms with Crippen LogP contribution in [0.25, 0.3) is 4.96 Å². The zero-order valence-corrected chi connectivity index (χ0v) is 11.6. The molecule has 7 heteroatoms. The van der Waals surface area contributed by atoms with Gasteiger partial charge in [0, 0.05) is 25.7 Å². The van der Waals surface area contributed by atoms with Gasteiger partial charge >= 0.3 is 0 Å². The SMILES string of the molecule is CCc1nn2c(=O)cc(CN3CC[C@@H](O)C3)nc2s1.